The highest BCUT2D eigenvalue weighted by Gasteiger charge is 2.39. The lowest BCUT2D eigenvalue weighted by atomic mass is 9.91. The molecule has 232 valence electrons. The molecule has 0 unspecified atom stereocenters. The van der Waals surface area contributed by atoms with Crippen molar-refractivity contribution < 1.29 is 33.5 Å². The Bertz CT molecular complexity index is 1820. The van der Waals surface area contributed by atoms with Gasteiger partial charge in [-0.25, -0.2) is 4.79 Å². The van der Waals surface area contributed by atoms with Gasteiger partial charge in [0.05, 0.1) is 42.1 Å². The number of carbonyl (C=O) groups excluding carboxylic acids is 2. The number of nitrogens with one attached hydrogen (secondary N) is 1. The molecule has 0 aromatic heterocycles. The number of anilines is 2. The topological polar surface area (TPSA) is 129 Å². The Morgan fingerprint density at radius 3 is 2.33 bits per heavy atom. The van der Waals surface area contributed by atoms with Gasteiger partial charge in [0.15, 0.2) is 11.5 Å². The number of methoxy groups -OCH3 is 2. The smallest absolute Gasteiger partial charge is 0.343 e. The molecule has 0 saturated carbocycles. The van der Waals surface area contributed by atoms with Gasteiger partial charge in [-0.1, -0.05) is 24.3 Å². The highest BCUT2D eigenvalue weighted by Crippen LogP contribution is 2.45. The Morgan fingerprint density at radius 1 is 0.933 bits per heavy atom. The van der Waals surface area contributed by atoms with Crippen molar-refractivity contribution in [1.82, 2.24) is 0 Å². The van der Waals surface area contributed by atoms with Gasteiger partial charge in [-0.2, -0.15) is 0 Å². The van der Waals surface area contributed by atoms with Gasteiger partial charge in [0.2, 0.25) is 0 Å². The van der Waals surface area contributed by atoms with Crippen molar-refractivity contribution in [2.75, 3.05) is 31.5 Å². The number of aryl methyl sites for hydroxylation is 1. The zero-order valence-electron chi connectivity index (χ0n) is 25.8. The zero-order valence-corrected chi connectivity index (χ0v) is 25.8. The van der Waals surface area contributed by atoms with Crippen molar-refractivity contribution in [2.45, 2.75) is 32.9 Å². The third-order valence-electron chi connectivity index (χ3n) is 7.67. The largest absolute Gasteiger partial charge is 0.496 e. The summed E-state index contributed by atoms with van der Waals surface area (Å²) in [4.78, 5) is 38.8. The second-order valence-electron chi connectivity index (χ2n) is 11.0. The fraction of sp³-hybridized carbons (Fsp3) is 0.235. The molecule has 11 nitrogen and oxygen atoms in total. The Labute approximate surface area is 260 Å². The summed E-state index contributed by atoms with van der Waals surface area (Å²) in [5.74, 6) is 0.526. The van der Waals surface area contributed by atoms with E-state index in [1.165, 1.54) is 32.4 Å². The number of ether oxygens (including phenoxy) is 4. The molecule has 11 heteroatoms. The molecular formula is C34H33N3O8. The minimum Gasteiger partial charge on any atom is -0.496 e. The maximum Gasteiger partial charge on any atom is 0.343 e. The average molecular weight is 612 g/mol. The molecule has 1 amide bonds. The summed E-state index contributed by atoms with van der Waals surface area (Å²) in [7, 11) is 4.64. The summed E-state index contributed by atoms with van der Waals surface area (Å²) in [5, 5.41) is 14.8. The first-order chi connectivity index (χ1) is 21.4. The lowest BCUT2D eigenvalue weighted by Gasteiger charge is -2.39. The highest BCUT2D eigenvalue weighted by atomic mass is 16.6. The summed E-state index contributed by atoms with van der Waals surface area (Å²) in [6.07, 6.45) is 0. The third kappa shape index (κ3) is 5.97. The van der Waals surface area contributed by atoms with Crippen molar-refractivity contribution in [3.63, 3.8) is 0 Å². The normalized spacial score (nSPS) is 13.4. The van der Waals surface area contributed by atoms with E-state index in [1.54, 1.807) is 56.1 Å². The van der Waals surface area contributed by atoms with Crippen LogP contribution < -0.4 is 29.2 Å². The molecule has 0 fully saturated rings. The molecule has 0 aliphatic carbocycles. The van der Waals surface area contributed by atoms with Crippen LogP contribution in [0, 0.1) is 17.0 Å². The molecule has 4 aromatic carbocycles. The SMILES string of the molecule is COc1ccc([N+](=O)[O-])cc1OCc1c(-c2ccc(OC(=O)c3ccccc3C)cc2OC)ccc2c1N(C)C(=O)C(C)(C)N2. The maximum absolute atomic E-state index is 13.4. The number of hydrogen-bond acceptors (Lipinski definition) is 9. The van der Waals surface area contributed by atoms with Crippen molar-refractivity contribution in [3.05, 3.63) is 99.6 Å². The van der Waals surface area contributed by atoms with Crippen molar-refractivity contribution in [1.29, 1.82) is 0 Å². The fourth-order valence-electron chi connectivity index (χ4n) is 5.39. The van der Waals surface area contributed by atoms with Crippen LogP contribution in [-0.2, 0) is 11.4 Å². The number of hydrogen-bond donors (Lipinski definition) is 1. The van der Waals surface area contributed by atoms with E-state index in [9.17, 15) is 19.7 Å². The molecule has 0 spiro atoms. The van der Waals surface area contributed by atoms with Crippen LogP contribution in [0.25, 0.3) is 11.1 Å². The van der Waals surface area contributed by atoms with E-state index >= 15 is 0 Å². The van der Waals surface area contributed by atoms with E-state index in [2.05, 4.69) is 5.32 Å². The molecule has 1 N–H and O–H groups in total. The van der Waals surface area contributed by atoms with Gasteiger partial charge in [-0.3, -0.25) is 14.9 Å². The number of esters is 1. The van der Waals surface area contributed by atoms with Gasteiger partial charge in [0.25, 0.3) is 11.6 Å². The number of carbonyl (C=O) groups is 2. The standard InChI is InChI=1S/C34H33N3O8/c1-20-9-7-8-10-23(20)32(38)45-22-12-13-25(29(18-22)43-6)24-14-15-27-31(36(4)33(39)34(2,3)35-27)26(24)19-44-30-17-21(37(40)41)11-16-28(30)42-5/h7-18,35H,19H2,1-6H3. The fourth-order valence-corrected chi connectivity index (χ4v) is 5.39. The molecule has 1 aliphatic rings. The summed E-state index contributed by atoms with van der Waals surface area (Å²) in [5.41, 5.74) is 3.45. The molecule has 4 aromatic rings. The van der Waals surface area contributed by atoms with Crippen LogP contribution in [-0.4, -0.2) is 43.6 Å². The van der Waals surface area contributed by atoms with Crippen LogP contribution in [0.5, 0.6) is 23.0 Å². The van der Waals surface area contributed by atoms with Crippen LogP contribution in [0.1, 0.15) is 35.3 Å². The lowest BCUT2D eigenvalue weighted by Crippen LogP contribution is -2.52. The van der Waals surface area contributed by atoms with Gasteiger partial charge in [-0.15, -0.1) is 0 Å². The number of nitrogens with zero attached hydrogens (tertiary/aromatic N) is 2. The number of likely N-dealkylation sites (N-methyl/N-ethyl adjacent to an activating group) is 1. The van der Waals surface area contributed by atoms with Crippen LogP contribution in [0.4, 0.5) is 17.1 Å². The molecule has 45 heavy (non-hydrogen) atoms. The van der Waals surface area contributed by atoms with Gasteiger partial charge in [0, 0.05) is 30.3 Å². The van der Waals surface area contributed by atoms with Crippen LogP contribution >= 0.6 is 0 Å². The van der Waals surface area contributed by atoms with Crippen molar-refractivity contribution in [3.8, 4) is 34.1 Å². The quantitative estimate of drug-likeness (QED) is 0.0969. The number of benzene rings is 4. The predicted molar refractivity (Wildman–Crippen MR) is 170 cm³/mol. The first kappa shape index (κ1) is 30.9. The van der Waals surface area contributed by atoms with E-state index < -0.39 is 16.4 Å². The Morgan fingerprint density at radius 2 is 1.64 bits per heavy atom. The van der Waals surface area contributed by atoms with E-state index in [4.69, 9.17) is 18.9 Å². The Kier molecular flexibility index (Phi) is 8.36. The monoisotopic (exact) mass is 611 g/mol. The van der Waals surface area contributed by atoms with Gasteiger partial charge >= 0.3 is 5.97 Å². The van der Waals surface area contributed by atoms with E-state index in [-0.39, 0.29) is 29.7 Å². The second kappa shape index (κ2) is 12.2. The lowest BCUT2D eigenvalue weighted by molar-refractivity contribution is -0.385. The van der Waals surface area contributed by atoms with Gasteiger partial charge in [-0.05, 0) is 62.2 Å². The number of fused-ring (bicyclic) bond motifs is 1. The maximum atomic E-state index is 13.4. The summed E-state index contributed by atoms with van der Waals surface area (Å²) in [6.45, 7) is 5.35. The molecule has 0 atom stereocenters. The zero-order chi connectivity index (χ0) is 32.5. The van der Waals surface area contributed by atoms with Gasteiger partial charge in [0.1, 0.15) is 23.6 Å². The van der Waals surface area contributed by atoms with Crippen LogP contribution in [0.15, 0.2) is 72.8 Å². The molecule has 0 bridgehead atoms. The average Bonchev–Trinajstić information content (AvgIpc) is 3.02. The molecule has 0 saturated heterocycles. The van der Waals surface area contributed by atoms with Crippen molar-refractivity contribution >= 4 is 28.9 Å². The number of nitro benzene ring substituents is 1. The third-order valence-corrected chi connectivity index (χ3v) is 7.67. The molecule has 1 aliphatic heterocycles. The van der Waals surface area contributed by atoms with E-state index in [0.717, 1.165) is 5.56 Å². The first-order valence-electron chi connectivity index (χ1n) is 14.1. The van der Waals surface area contributed by atoms with Crippen LogP contribution in [0.2, 0.25) is 0 Å². The summed E-state index contributed by atoms with van der Waals surface area (Å²) in [6, 6.07) is 20.1. The minimum atomic E-state index is -0.856. The second-order valence-corrected chi connectivity index (χ2v) is 11.0. The van der Waals surface area contributed by atoms with E-state index in [0.29, 0.717) is 45.1 Å². The number of non-ortho nitro benzene ring substituents is 1. The number of amides is 1. The first-order valence-corrected chi connectivity index (χ1v) is 14.1. The summed E-state index contributed by atoms with van der Waals surface area (Å²) >= 11 is 0. The Hall–Kier alpha value is -5.58. The molecule has 5 rings (SSSR count). The predicted octanol–water partition coefficient (Wildman–Crippen LogP) is 6.55. The van der Waals surface area contributed by atoms with E-state index in [1.807, 2.05) is 31.2 Å². The molecule has 1 heterocycles. The molecule has 0 radical (unpaired) electrons. The van der Waals surface area contributed by atoms with Crippen molar-refractivity contribution in [2.24, 2.45) is 0 Å². The number of nitro groups is 1. The highest BCUT2D eigenvalue weighted by molar-refractivity contribution is 6.09. The Balaban J connectivity index is 1.59. The minimum absolute atomic E-state index is 0.0804. The number of rotatable bonds is 9. The molecular weight excluding hydrogens is 578 g/mol. The van der Waals surface area contributed by atoms with Gasteiger partial charge < -0.3 is 29.2 Å². The summed E-state index contributed by atoms with van der Waals surface area (Å²) < 4.78 is 23.0. The van der Waals surface area contributed by atoms with Crippen LogP contribution in [0.3, 0.4) is 0 Å².